The Morgan fingerprint density at radius 1 is 0.944 bits per heavy atom. The van der Waals surface area contributed by atoms with Crippen LogP contribution >= 0.6 is 0 Å². The molecule has 2 aromatic carbocycles. The second-order valence-electron chi connectivity index (χ2n) is 11.1. The number of hydrogen-bond acceptors (Lipinski definition) is 5. The minimum Gasteiger partial charge on any atom is -0.444 e. The van der Waals surface area contributed by atoms with Gasteiger partial charge in [-0.2, -0.15) is 0 Å². The zero-order chi connectivity index (χ0) is 25.4. The maximum absolute atomic E-state index is 12.4. The average molecular weight is 494 g/mol. The fourth-order valence-electron chi connectivity index (χ4n) is 5.41. The zero-order valence-electron chi connectivity index (χ0n) is 21.3. The van der Waals surface area contributed by atoms with Crippen molar-refractivity contribution in [3.63, 3.8) is 0 Å². The van der Waals surface area contributed by atoms with Gasteiger partial charge < -0.3 is 14.4 Å². The summed E-state index contributed by atoms with van der Waals surface area (Å²) in [7, 11) is 0. The fourth-order valence-corrected chi connectivity index (χ4v) is 5.41. The Hall–Kier alpha value is -3.13. The molecule has 0 aromatic heterocycles. The van der Waals surface area contributed by atoms with Crippen LogP contribution in [0.5, 0.6) is 0 Å². The van der Waals surface area contributed by atoms with E-state index in [1.165, 1.54) is 5.56 Å². The van der Waals surface area contributed by atoms with Crippen molar-refractivity contribution < 1.29 is 23.9 Å². The lowest BCUT2D eigenvalue weighted by Gasteiger charge is -2.40. The van der Waals surface area contributed by atoms with E-state index in [2.05, 4.69) is 23.5 Å². The Morgan fingerprint density at radius 3 is 2.33 bits per heavy atom. The number of amides is 4. The van der Waals surface area contributed by atoms with Gasteiger partial charge >= 0.3 is 12.1 Å². The quantitative estimate of drug-likeness (QED) is 0.651. The summed E-state index contributed by atoms with van der Waals surface area (Å²) in [6, 6.07) is 11.9. The largest absolute Gasteiger partial charge is 0.444 e. The van der Waals surface area contributed by atoms with Crippen molar-refractivity contribution in [1.82, 2.24) is 10.2 Å². The Bertz CT molecular complexity index is 1160. The van der Waals surface area contributed by atoms with Gasteiger partial charge in [-0.1, -0.05) is 30.3 Å². The number of carbonyl (C=O) groups excluding carboxylic acids is 3. The van der Waals surface area contributed by atoms with Crippen molar-refractivity contribution in [3.05, 3.63) is 42.0 Å². The van der Waals surface area contributed by atoms with Crippen LogP contribution in [0.1, 0.15) is 64.4 Å². The van der Waals surface area contributed by atoms with Gasteiger partial charge in [0.1, 0.15) is 5.60 Å². The van der Waals surface area contributed by atoms with Crippen LogP contribution in [0.25, 0.3) is 10.8 Å². The predicted molar refractivity (Wildman–Crippen MR) is 137 cm³/mol. The van der Waals surface area contributed by atoms with E-state index in [1.807, 2.05) is 39.0 Å². The molecule has 2 saturated heterocycles. The van der Waals surface area contributed by atoms with Gasteiger partial charge in [0, 0.05) is 31.4 Å². The second kappa shape index (κ2) is 9.73. The summed E-state index contributed by atoms with van der Waals surface area (Å²) in [5, 5.41) is 4.59. The third-order valence-electron chi connectivity index (χ3n) is 7.29. The van der Waals surface area contributed by atoms with E-state index in [0.29, 0.717) is 32.0 Å². The first-order valence-corrected chi connectivity index (χ1v) is 12.9. The normalized spacial score (nSPS) is 23.4. The van der Waals surface area contributed by atoms with E-state index < -0.39 is 5.60 Å². The molecule has 2 aliphatic heterocycles. The zero-order valence-corrected chi connectivity index (χ0v) is 21.3. The molecule has 0 unspecified atom stereocenters. The fraction of sp³-hybridized carbons (Fsp3) is 0.536. The highest BCUT2D eigenvalue weighted by molar-refractivity contribution is 6.10. The topological polar surface area (TPSA) is 88.2 Å². The van der Waals surface area contributed by atoms with Crippen molar-refractivity contribution in [2.24, 2.45) is 0 Å². The van der Waals surface area contributed by atoms with E-state index in [0.717, 1.165) is 42.1 Å². The van der Waals surface area contributed by atoms with Crippen LogP contribution < -0.4 is 10.2 Å². The molecule has 1 saturated carbocycles. The molecule has 8 nitrogen and oxygen atoms in total. The van der Waals surface area contributed by atoms with Gasteiger partial charge in [0.2, 0.25) is 5.91 Å². The highest BCUT2D eigenvalue weighted by Crippen LogP contribution is 2.43. The van der Waals surface area contributed by atoms with Gasteiger partial charge in [-0.3, -0.25) is 15.0 Å². The van der Waals surface area contributed by atoms with Crippen LogP contribution in [-0.2, 0) is 14.3 Å². The lowest BCUT2D eigenvalue weighted by atomic mass is 9.75. The van der Waals surface area contributed by atoms with Gasteiger partial charge in [-0.15, -0.1) is 0 Å². The highest BCUT2D eigenvalue weighted by atomic mass is 16.6. The number of carbonyl (C=O) groups is 3. The third-order valence-corrected chi connectivity index (χ3v) is 7.29. The van der Waals surface area contributed by atoms with Crippen LogP contribution in [0.2, 0.25) is 0 Å². The standard InChI is InChI=1S/C28H35N3O5/c1-28(2,3)36-27(34)30-13-10-19(11-14-30)35-20-16-18(17-20)21-6-4-8-23-22(21)7-5-9-24(23)31-15-12-25(32)29-26(31)33/h4-9,18-20H,10-17H2,1-3H3,(H,29,32,33). The van der Waals surface area contributed by atoms with Crippen LogP contribution in [0.4, 0.5) is 15.3 Å². The summed E-state index contributed by atoms with van der Waals surface area (Å²) in [4.78, 5) is 39.7. The SMILES string of the molecule is CC(C)(C)OC(=O)N1CCC(OC2CC(c3cccc4c(N5CCC(=O)NC5=O)cccc34)C2)CC1. The Balaban J connectivity index is 1.19. The molecule has 2 aromatic rings. The van der Waals surface area contributed by atoms with E-state index in [1.54, 1.807) is 9.80 Å². The number of nitrogens with zero attached hydrogens (tertiary/aromatic N) is 2. The number of imide groups is 1. The van der Waals surface area contributed by atoms with Crippen molar-refractivity contribution in [2.45, 2.75) is 76.6 Å². The molecule has 0 bridgehead atoms. The molecule has 3 fully saturated rings. The molecular weight excluding hydrogens is 458 g/mol. The van der Waals surface area contributed by atoms with Crippen molar-refractivity contribution in [3.8, 4) is 0 Å². The Morgan fingerprint density at radius 2 is 1.64 bits per heavy atom. The van der Waals surface area contributed by atoms with Gasteiger partial charge in [0.25, 0.3) is 0 Å². The maximum Gasteiger partial charge on any atom is 0.410 e. The minimum atomic E-state index is -0.479. The molecular formula is C28H35N3O5. The smallest absolute Gasteiger partial charge is 0.410 e. The molecule has 2 heterocycles. The molecule has 192 valence electrons. The molecule has 8 heteroatoms. The first-order valence-electron chi connectivity index (χ1n) is 12.9. The van der Waals surface area contributed by atoms with Crippen LogP contribution in [0, 0.1) is 0 Å². The molecule has 1 aliphatic carbocycles. The Kier molecular flexibility index (Phi) is 6.64. The monoisotopic (exact) mass is 493 g/mol. The average Bonchev–Trinajstić information content (AvgIpc) is 2.80. The van der Waals surface area contributed by atoms with Crippen molar-refractivity contribution >= 4 is 34.5 Å². The van der Waals surface area contributed by atoms with E-state index in [9.17, 15) is 14.4 Å². The van der Waals surface area contributed by atoms with Gasteiger partial charge in [-0.25, -0.2) is 9.59 Å². The van der Waals surface area contributed by atoms with Crippen molar-refractivity contribution in [2.75, 3.05) is 24.5 Å². The number of nitrogens with one attached hydrogen (secondary N) is 1. The van der Waals surface area contributed by atoms with E-state index in [-0.39, 0.29) is 30.2 Å². The van der Waals surface area contributed by atoms with Crippen molar-refractivity contribution in [1.29, 1.82) is 0 Å². The summed E-state index contributed by atoms with van der Waals surface area (Å²) in [6.45, 7) is 7.38. The lowest BCUT2D eigenvalue weighted by Crippen LogP contribution is -2.49. The molecule has 0 atom stereocenters. The number of benzene rings is 2. The van der Waals surface area contributed by atoms with E-state index >= 15 is 0 Å². The number of ether oxygens (including phenoxy) is 2. The second-order valence-corrected chi connectivity index (χ2v) is 11.1. The highest BCUT2D eigenvalue weighted by Gasteiger charge is 2.36. The van der Waals surface area contributed by atoms with E-state index in [4.69, 9.17) is 9.47 Å². The number of piperidine rings is 1. The molecule has 1 N–H and O–H groups in total. The molecule has 0 spiro atoms. The Labute approximate surface area is 211 Å². The number of fused-ring (bicyclic) bond motifs is 1. The first kappa shape index (κ1) is 24.6. The number of hydrogen-bond donors (Lipinski definition) is 1. The molecule has 0 radical (unpaired) electrons. The van der Waals surface area contributed by atoms with Gasteiger partial charge in [-0.05, 0) is 69.4 Å². The lowest BCUT2D eigenvalue weighted by molar-refractivity contribution is -0.120. The summed E-state index contributed by atoms with van der Waals surface area (Å²) in [5.74, 6) is 0.181. The van der Waals surface area contributed by atoms with Crippen LogP contribution in [-0.4, -0.2) is 60.4 Å². The van der Waals surface area contributed by atoms with Crippen LogP contribution in [0.15, 0.2) is 36.4 Å². The molecule has 5 rings (SSSR count). The summed E-state index contributed by atoms with van der Waals surface area (Å²) < 4.78 is 11.9. The predicted octanol–water partition coefficient (Wildman–Crippen LogP) is 4.95. The summed E-state index contributed by atoms with van der Waals surface area (Å²) in [5.41, 5.74) is 1.64. The molecule has 4 amide bonds. The van der Waals surface area contributed by atoms with Gasteiger partial charge in [0.15, 0.2) is 0 Å². The summed E-state index contributed by atoms with van der Waals surface area (Å²) >= 11 is 0. The number of rotatable bonds is 4. The summed E-state index contributed by atoms with van der Waals surface area (Å²) in [6.07, 6.45) is 4.06. The molecule has 3 aliphatic rings. The number of anilines is 1. The number of likely N-dealkylation sites (tertiary alicyclic amines) is 1. The number of urea groups is 1. The molecule has 36 heavy (non-hydrogen) atoms. The minimum absolute atomic E-state index is 0.175. The van der Waals surface area contributed by atoms with Crippen LogP contribution in [0.3, 0.4) is 0 Å². The maximum atomic E-state index is 12.4. The van der Waals surface area contributed by atoms with Gasteiger partial charge in [0.05, 0.1) is 17.9 Å². The first-order chi connectivity index (χ1) is 17.2. The third kappa shape index (κ3) is 5.19.